The van der Waals surface area contributed by atoms with E-state index in [2.05, 4.69) is 24.5 Å². The molecule has 0 saturated heterocycles. The number of carbonyl (C=O) groups excluding carboxylic acids is 4. The highest BCUT2D eigenvalue weighted by molar-refractivity contribution is 6.29. The third-order valence-corrected chi connectivity index (χ3v) is 7.34. The summed E-state index contributed by atoms with van der Waals surface area (Å²) >= 11 is 0. The molecule has 3 N–H and O–H groups in total. The van der Waals surface area contributed by atoms with Crippen LogP contribution < -0.4 is 10.6 Å². The number of amides is 2. The highest BCUT2D eigenvalue weighted by atomic mass is 16.6. The summed E-state index contributed by atoms with van der Waals surface area (Å²) in [7, 11) is 1.49. The number of benzene rings is 1. The van der Waals surface area contributed by atoms with E-state index in [1.54, 1.807) is 0 Å². The lowest BCUT2D eigenvalue weighted by Gasteiger charge is -2.33. The first kappa shape index (κ1) is 42.7. The Morgan fingerprint density at radius 3 is 1.88 bits per heavy atom. The van der Waals surface area contributed by atoms with E-state index in [-0.39, 0.29) is 83.0 Å². The zero-order valence-electron chi connectivity index (χ0n) is 29.1. The predicted molar refractivity (Wildman–Crippen MR) is 185 cm³/mol. The summed E-state index contributed by atoms with van der Waals surface area (Å²) < 4.78 is 28.0. The van der Waals surface area contributed by atoms with Gasteiger partial charge in [-0.15, -0.1) is 0 Å². The highest BCUT2D eigenvalue weighted by Gasteiger charge is 2.35. The molecule has 0 atom stereocenters. The minimum Gasteiger partial charge on any atom is -0.556 e. The maximum absolute atomic E-state index is 13.1. The molecule has 0 saturated carbocycles. The zero-order valence-corrected chi connectivity index (χ0v) is 29.1. The van der Waals surface area contributed by atoms with Crippen molar-refractivity contribution in [1.29, 1.82) is 5.41 Å². The number of Topliss-reactive ketones (excluding diaryl/α,β-unsaturated/α-hetero) is 2. The van der Waals surface area contributed by atoms with E-state index in [1.165, 1.54) is 7.48 Å². The molecule has 13 heteroatoms. The molecule has 0 unspecified atom stereocenters. The number of unbranched alkanes of at least 4 members (excludes halogenated alkanes) is 4. The molecule has 12 nitrogen and oxygen atoms in total. The lowest BCUT2D eigenvalue weighted by Crippen LogP contribution is -2.58. The Morgan fingerprint density at radius 1 is 0.771 bits per heavy atom. The second-order valence-electron chi connectivity index (χ2n) is 11.8. The van der Waals surface area contributed by atoms with E-state index in [0.717, 1.165) is 50.5 Å². The van der Waals surface area contributed by atoms with Crippen LogP contribution in [0.3, 0.4) is 0 Å². The summed E-state index contributed by atoms with van der Waals surface area (Å²) in [5, 5.41) is 12.5. The molecule has 269 valence electrons. The van der Waals surface area contributed by atoms with Gasteiger partial charge in [-0.1, -0.05) is 69.9 Å². The van der Waals surface area contributed by atoms with Crippen molar-refractivity contribution in [2.45, 2.75) is 109 Å². The van der Waals surface area contributed by atoms with Gasteiger partial charge in [0.05, 0.1) is 39.6 Å². The molecule has 0 aliphatic rings. The van der Waals surface area contributed by atoms with Crippen LogP contribution in [-0.4, -0.2) is 89.2 Å². The second-order valence-corrected chi connectivity index (χ2v) is 11.8. The first-order valence-corrected chi connectivity index (χ1v) is 17.3. The van der Waals surface area contributed by atoms with Gasteiger partial charge in [-0.05, 0) is 31.1 Å². The molecule has 1 aromatic carbocycles. The summed E-state index contributed by atoms with van der Waals surface area (Å²) in [5.41, 5.74) is -0.401. The smallest absolute Gasteiger partial charge is 0.408 e. The fourth-order valence-corrected chi connectivity index (χ4v) is 4.56. The molecule has 0 aromatic heterocycles. The maximum Gasteiger partial charge on any atom is 0.408 e. The molecular formula is C35H57BN3O9. The van der Waals surface area contributed by atoms with Gasteiger partial charge in [0, 0.05) is 38.6 Å². The van der Waals surface area contributed by atoms with Crippen LogP contribution in [0.2, 0.25) is 6.32 Å². The van der Waals surface area contributed by atoms with Gasteiger partial charge < -0.3 is 34.2 Å². The Balaban J connectivity index is 2.87. The number of carbonyl (C=O) groups is 4. The van der Waals surface area contributed by atoms with Gasteiger partial charge in [0.15, 0.2) is 0 Å². The monoisotopic (exact) mass is 674 g/mol. The van der Waals surface area contributed by atoms with Crippen molar-refractivity contribution in [1.82, 2.24) is 10.6 Å². The Kier molecular flexibility index (Phi) is 25.6. The Labute approximate surface area is 287 Å². The van der Waals surface area contributed by atoms with Crippen molar-refractivity contribution in [3.05, 3.63) is 35.9 Å². The summed E-state index contributed by atoms with van der Waals surface area (Å²) in [6.45, 7) is 4.92. The van der Waals surface area contributed by atoms with E-state index in [1.807, 2.05) is 30.3 Å². The molecule has 0 heterocycles. The fourth-order valence-electron chi connectivity index (χ4n) is 4.56. The van der Waals surface area contributed by atoms with Crippen LogP contribution in [0, 0.1) is 5.41 Å². The molecule has 48 heavy (non-hydrogen) atoms. The van der Waals surface area contributed by atoms with Gasteiger partial charge in [-0.25, -0.2) is 4.79 Å². The molecule has 0 bridgehead atoms. The highest BCUT2D eigenvalue weighted by Crippen LogP contribution is 2.13. The summed E-state index contributed by atoms with van der Waals surface area (Å²) in [6, 6.07) is 9.27. The average Bonchev–Trinajstić information content (AvgIpc) is 3.08. The molecule has 0 aliphatic carbocycles. The third-order valence-electron chi connectivity index (χ3n) is 7.34. The number of ether oxygens (including phenoxy) is 4. The van der Waals surface area contributed by atoms with Crippen LogP contribution in [0.1, 0.15) is 96.5 Å². The lowest BCUT2D eigenvalue weighted by molar-refractivity contribution is -0.122. The minimum atomic E-state index is -1.22. The molecule has 0 fully saturated rings. The van der Waals surface area contributed by atoms with Gasteiger partial charge in [0.1, 0.15) is 30.1 Å². The molecule has 1 radical (unpaired) electrons. The molecular weight excluding hydrogens is 617 g/mol. The lowest BCUT2D eigenvalue weighted by atomic mass is 9.93. The van der Waals surface area contributed by atoms with E-state index in [4.69, 9.17) is 29.0 Å². The Bertz CT molecular complexity index is 1000. The van der Waals surface area contributed by atoms with Crippen LogP contribution in [0.25, 0.3) is 0 Å². The first-order chi connectivity index (χ1) is 23.3. The normalized spacial score (nSPS) is 11.0. The van der Waals surface area contributed by atoms with E-state index in [9.17, 15) is 19.2 Å². The van der Waals surface area contributed by atoms with Gasteiger partial charge in [-0.3, -0.25) is 19.8 Å². The van der Waals surface area contributed by atoms with Crippen molar-refractivity contribution in [2.24, 2.45) is 0 Å². The van der Waals surface area contributed by atoms with Crippen LogP contribution >= 0.6 is 0 Å². The quantitative estimate of drug-likeness (QED) is 0.0397. The van der Waals surface area contributed by atoms with E-state index in [0.29, 0.717) is 32.1 Å². The summed E-state index contributed by atoms with van der Waals surface area (Å²) in [5.74, 6) is 0.0357. The second kappa shape index (κ2) is 28.7. The van der Waals surface area contributed by atoms with E-state index < -0.39 is 11.6 Å². The number of rotatable bonds is 32. The van der Waals surface area contributed by atoms with Crippen molar-refractivity contribution >= 4 is 37.4 Å². The topological polar surface area (TPSA) is 162 Å². The fraction of sp³-hybridized carbons (Fsp3) is 0.686. The Hall–Kier alpha value is -3.29. The van der Waals surface area contributed by atoms with Crippen LogP contribution in [0.4, 0.5) is 4.79 Å². The predicted octanol–water partition coefficient (Wildman–Crippen LogP) is 5.34. The van der Waals surface area contributed by atoms with Gasteiger partial charge in [-0.2, -0.15) is 0 Å². The van der Waals surface area contributed by atoms with Gasteiger partial charge in [0.25, 0.3) is 0 Å². The molecule has 1 aromatic rings. The average molecular weight is 675 g/mol. The van der Waals surface area contributed by atoms with Crippen LogP contribution in [-0.2, 0) is 44.6 Å². The molecule has 0 spiro atoms. The zero-order chi connectivity index (χ0) is 35.1. The molecule has 1 rings (SSSR count). The maximum atomic E-state index is 13.1. The largest absolute Gasteiger partial charge is 0.556 e. The van der Waals surface area contributed by atoms with Crippen LogP contribution in [0.5, 0.6) is 0 Å². The molecule has 0 aliphatic heterocycles. The third kappa shape index (κ3) is 23.1. The van der Waals surface area contributed by atoms with E-state index >= 15 is 0 Å². The summed E-state index contributed by atoms with van der Waals surface area (Å²) in [6.07, 6.45) is 8.73. The first-order valence-electron chi connectivity index (χ1n) is 17.3. The van der Waals surface area contributed by atoms with Crippen molar-refractivity contribution in [2.75, 3.05) is 46.2 Å². The van der Waals surface area contributed by atoms with Crippen molar-refractivity contribution in [3.63, 3.8) is 0 Å². The number of hydrogen-bond donors (Lipinski definition) is 3. The number of ketones is 2. The number of alkyl carbamates (subject to hydrolysis) is 1. The van der Waals surface area contributed by atoms with Gasteiger partial charge in [0.2, 0.25) is 5.91 Å². The minimum absolute atomic E-state index is 0.0410. The standard InChI is InChI=1S/C35H57BN3O9/c1-3-5-8-15-31(40)17-22-44-26-35(27-45-23-18-32(41)16-9-6-4-2,39-34(43)47-25-30-13-10-7-11-14-30)28-46-24-19-33(42)38-21-12-20-36-48-29-37/h7,10-11,13-14,29,37H,3-6,8-9,12,15-28H2,1-2H3,(H,38,42)(H,39,43). The van der Waals surface area contributed by atoms with Crippen molar-refractivity contribution < 1.29 is 42.8 Å². The Morgan fingerprint density at radius 2 is 1.33 bits per heavy atom. The number of nitrogens with one attached hydrogen (secondary N) is 3. The summed E-state index contributed by atoms with van der Waals surface area (Å²) in [4.78, 5) is 50.0. The van der Waals surface area contributed by atoms with Crippen LogP contribution in [0.15, 0.2) is 30.3 Å². The number of hydrogen-bond acceptors (Lipinski definition) is 10. The SMILES string of the molecule is CCCCCC(=O)CCOCC(COCCC(=O)CCCCC)(COCCC(=O)NCCC[B]OC=N)NC(=O)OCc1ccccc1. The van der Waals surface area contributed by atoms with Gasteiger partial charge >= 0.3 is 13.6 Å². The van der Waals surface area contributed by atoms with Crippen molar-refractivity contribution in [3.8, 4) is 0 Å². The molecule has 2 amide bonds.